The summed E-state index contributed by atoms with van der Waals surface area (Å²) in [6, 6.07) is 10.1. The molecule has 1 aliphatic rings. The van der Waals surface area contributed by atoms with Gasteiger partial charge in [-0.3, -0.25) is 0 Å². The topological polar surface area (TPSA) is 69.5 Å². The maximum Gasteiger partial charge on any atom is 0.410 e. The molecular formula is C19H26N4O3. The normalized spacial score (nSPS) is 20.4. The third-order valence-electron chi connectivity index (χ3n) is 4.34. The SMILES string of the molecule is CO[C@H]1CN(C(=O)OC(C)(C)C)CC1c1cn(Cc2ccccc2)nn1. The molecular weight excluding hydrogens is 332 g/mol. The van der Waals surface area contributed by atoms with Crippen LogP contribution >= 0.6 is 0 Å². The molecule has 2 heterocycles. The summed E-state index contributed by atoms with van der Waals surface area (Å²) in [5.74, 6) is -0.0166. The molecule has 2 aromatic rings. The quantitative estimate of drug-likeness (QED) is 0.840. The van der Waals surface area contributed by atoms with E-state index in [0.717, 1.165) is 11.3 Å². The van der Waals surface area contributed by atoms with Gasteiger partial charge in [-0.05, 0) is 26.3 Å². The van der Waals surface area contributed by atoms with Crippen LogP contribution in [0.25, 0.3) is 0 Å². The van der Waals surface area contributed by atoms with Crippen molar-refractivity contribution in [2.24, 2.45) is 0 Å². The van der Waals surface area contributed by atoms with E-state index in [1.165, 1.54) is 0 Å². The Labute approximate surface area is 153 Å². The average Bonchev–Trinajstić information content (AvgIpc) is 3.20. The molecule has 1 aliphatic heterocycles. The lowest BCUT2D eigenvalue weighted by atomic mass is 10.0. The fourth-order valence-electron chi connectivity index (χ4n) is 3.10. The van der Waals surface area contributed by atoms with Crippen LogP contribution < -0.4 is 0 Å². The predicted octanol–water partition coefficient (Wildman–Crippen LogP) is 2.68. The molecule has 1 fully saturated rings. The van der Waals surface area contributed by atoms with Crippen LogP contribution in [-0.4, -0.2) is 57.9 Å². The second kappa shape index (κ2) is 7.45. The molecule has 140 valence electrons. The van der Waals surface area contributed by atoms with Gasteiger partial charge < -0.3 is 14.4 Å². The molecule has 7 nitrogen and oxygen atoms in total. The summed E-state index contributed by atoms with van der Waals surface area (Å²) in [5, 5.41) is 8.55. The zero-order chi connectivity index (χ0) is 18.7. The van der Waals surface area contributed by atoms with E-state index >= 15 is 0 Å². The second-order valence-corrected chi connectivity index (χ2v) is 7.59. The van der Waals surface area contributed by atoms with Gasteiger partial charge in [-0.2, -0.15) is 0 Å². The lowest BCUT2D eigenvalue weighted by molar-refractivity contribution is 0.0252. The Kier molecular flexibility index (Phi) is 5.27. The fourth-order valence-corrected chi connectivity index (χ4v) is 3.10. The van der Waals surface area contributed by atoms with E-state index in [2.05, 4.69) is 22.4 Å². The summed E-state index contributed by atoms with van der Waals surface area (Å²) in [5.41, 5.74) is 1.48. The zero-order valence-electron chi connectivity index (χ0n) is 15.8. The highest BCUT2D eigenvalue weighted by atomic mass is 16.6. The van der Waals surface area contributed by atoms with E-state index in [4.69, 9.17) is 9.47 Å². The number of benzene rings is 1. The lowest BCUT2D eigenvalue weighted by Gasteiger charge is -2.24. The van der Waals surface area contributed by atoms with Gasteiger partial charge in [0.25, 0.3) is 0 Å². The number of aromatic nitrogens is 3. The highest BCUT2D eigenvalue weighted by Gasteiger charge is 2.39. The molecule has 0 radical (unpaired) electrons. The van der Waals surface area contributed by atoms with Crippen molar-refractivity contribution in [1.29, 1.82) is 0 Å². The second-order valence-electron chi connectivity index (χ2n) is 7.59. The Morgan fingerprint density at radius 3 is 2.62 bits per heavy atom. The first-order chi connectivity index (χ1) is 12.4. The van der Waals surface area contributed by atoms with Crippen LogP contribution in [0.1, 0.15) is 37.9 Å². The summed E-state index contributed by atoms with van der Waals surface area (Å²) in [6.07, 6.45) is 1.49. The van der Waals surface area contributed by atoms with Crippen molar-refractivity contribution in [3.8, 4) is 0 Å². The molecule has 0 bridgehead atoms. The van der Waals surface area contributed by atoms with Gasteiger partial charge in [-0.1, -0.05) is 35.5 Å². The van der Waals surface area contributed by atoms with Gasteiger partial charge in [0.1, 0.15) is 5.60 Å². The Bertz CT molecular complexity index is 739. The molecule has 3 rings (SSSR count). The Balaban J connectivity index is 1.69. The van der Waals surface area contributed by atoms with Gasteiger partial charge in [-0.25, -0.2) is 9.48 Å². The van der Waals surface area contributed by atoms with E-state index in [-0.39, 0.29) is 18.1 Å². The molecule has 1 aromatic heterocycles. The lowest BCUT2D eigenvalue weighted by Crippen LogP contribution is -2.36. The van der Waals surface area contributed by atoms with E-state index in [9.17, 15) is 4.79 Å². The van der Waals surface area contributed by atoms with Gasteiger partial charge in [0, 0.05) is 19.9 Å². The third-order valence-corrected chi connectivity index (χ3v) is 4.34. The van der Waals surface area contributed by atoms with Crippen LogP contribution in [0.5, 0.6) is 0 Å². The van der Waals surface area contributed by atoms with Gasteiger partial charge in [0.05, 0.1) is 30.8 Å². The van der Waals surface area contributed by atoms with Crippen molar-refractivity contribution in [2.75, 3.05) is 20.2 Å². The Morgan fingerprint density at radius 2 is 1.96 bits per heavy atom. The number of nitrogens with zero attached hydrogens (tertiary/aromatic N) is 4. The van der Waals surface area contributed by atoms with Crippen molar-refractivity contribution in [3.63, 3.8) is 0 Å². The molecule has 1 amide bonds. The van der Waals surface area contributed by atoms with Crippen molar-refractivity contribution < 1.29 is 14.3 Å². The maximum atomic E-state index is 12.4. The largest absolute Gasteiger partial charge is 0.444 e. The van der Waals surface area contributed by atoms with Crippen LogP contribution in [0.3, 0.4) is 0 Å². The van der Waals surface area contributed by atoms with Crippen LogP contribution in [0, 0.1) is 0 Å². The Hall–Kier alpha value is -2.41. The number of ether oxygens (including phenoxy) is 2. The van der Waals surface area contributed by atoms with Crippen LogP contribution in [0.2, 0.25) is 0 Å². The number of hydrogen-bond donors (Lipinski definition) is 0. The average molecular weight is 358 g/mol. The number of amides is 1. The first-order valence-corrected chi connectivity index (χ1v) is 8.80. The molecule has 0 spiro atoms. The first-order valence-electron chi connectivity index (χ1n) is 8.80. The van der Waals surface area contributed by atoms with E-state index in [0.29, 0.717) is 19.6 Å². The summed E-state index contributed by atoms with van der Waals surface area (Å²) >= 11 is 0. The molecule has 0 saturated carbocycles. The predicted molar refractivity (Wildman–Crippen MR) is 96.9 cm³/mol. The summed E-state index contributed by atoms with van der Waals surface area (Å²) in [7, 11) is 1.66. The van der Waals surface area contributed by atoms with Crippen molar-refractivity contribution in [2.45, 2.75) is 44.9 Å². The molecule has 0 aliphatic carbocycles. The highest BCUT2D eigenvalue weighted by molar-refractivity contribution is 5.68. The number of carbonyl (C=O) groups excluding carboxylic acids is 1. The zero-order valence-corrected chi connectivity index (χ0v) is 15.8. The summed E-state index contributed by atoms with van der Waals surface area (Å²) in [6.45, 7) is 7.25. The van der Waals surface area contributed by atoms with Crippen molar-refractivity contribution >= 4 is 6.09 Å². The van der Waals surface area contributed by atoms with Crippen LogP contribution in [0.15, 0.2) is 36.5 Å². The molecule has 1 saturated heterocycles. The highest BCUT2D eigenvalue weighted by Crippen LogP contribution is 2.29. The first kappa shape index (κ1) is 18.4. The molecule has 1 unspecified atom stereocenters. The summed E-state index contributed by atoms with van der Waals surface area (Å²) in [4.78, 5) is 14.0. The van der Waals surface area contributed by atoms with Crippen molar-refractivity contribution in [1.82, 2.24) is 19.9 Å². The van der Waals surface area contributed by atoms with E-state index in [1.54, 1.807) is 12.0 Å². The minimum Gasteiger partial charge on any atom is -0.444 e. The molecule has 1 aromatic carbocycles. The maximum absolute atomic E-state index is 12.4. The summed E-state index contributed by atoms with van der Waals surface area (Å²) < 4.78 is 12.9. The van der Waals surface area contributed by atoms with E-state index < -0.39 is 5.60 Å². The third kappa shape index (κ3) is 4.40. The van der Waals surface area contributed by atoms with Crippen LogP contribution in [-0.2, 0) is 16.0 Å². The van der Waals surface area contributed by atoms with Gasteiger partial charge >= 0.3 is 6.09 Å². The number of likely N-dealkylation sites (tertiary alicyclic amines) is 1. The number of hydrogen-bond acceptors (Lipinski definition) is 5. The number of methoxy groups -OCH3 is 1. The Morgan fingerprint density at radius 1 is 1.23 bits per heavy atom. The van der Waals surface area contributed by atoms with Crippen LogP contribution in [0.4, 0.5) is 4.79 Å². The van der Waals surface area contributed by atoms with Gasteiger partial charge in [0.15, 0.2) is 0 Å². The minimum absolute atomic E-state index is 0.0166. The fraction of sp³-hybridized carbons (Fsp3) is 0.526. The minimum atomic E-state index is -0.517. The molecule has 7 heteroatoms. The number of carbonyl (C=O) groups is 1. The van der Waals surface area contributed by atoms with Gasteiger partial charge in [0.2, 0.25) is 0 Å². The standard InChI is InChI=1S/C19H26N4O3/c1-19(2,3)26-18(24)22-11-15(17(13-22)25-4)16-12-23(21-20-16)10-14-8-6-5-7-9-14/h5-9,12,15,17H,10-11,13H2,1-4H3/t15?,17-/m0/s1. The number of rotatable bonds is 4. The van der Waals surface area contributed by atoms with E-state index in [1.807, 2.05) is 49.8 Å². The molecule has 2 atom stereocenters. The molecule has 26 heavy (non-hydrogen) atoms. The smallest absolute Gasteiger partial charge is 0.410 e. The monoisotopic (exact) mass is 358 g/mol. The van der Waals surface area contributed by atoms with Crippen molar-refractivity contribution in [3.05, 3.63) is 47.8 Å². The molecule has 0 N–H and O–H groups in total. The van der Waals surface area contributed by atoms with Gasteiger partial charge in [-0.15, -0.1) is 5.10 Å².